The lowest BCUT2D eigenvalue weighted by Crippen LogP contribution is -2.45. The molecule has 0 saturated carbocycles. The molecule has 1 aliphatic rings. The van der Waals surface area contributed by atoms with Crippen LogP contribution in [0.5, 0.6) is 0 Å². The number of rotatable bonds is 1. The molecule has 5 nitrogen and oxygen atoms in total. The average molecular weight is 197 g/mol. The van der Waals surface area contributed by atoms with Crippen molar-refractivity contribution in [1.82, 2.24) is 14.8 Å². The largest absolute Gasteiger partial charge is 0.379 e. The lowest BCUT2D eigenvalue weighted by molar-refractivity contribution is -0.108. The quantitative estimate of drug-likeness (QED) is 0.698. The zero-order chi connectivity index (χ0) is 10.4. The van der Waals surface area contributed by atoms with Gasteiger partial charge in [-0.2, -0.15) is 0 Å². The van der Waals surface area contributed by atoms with Gasteiger partial charge in [-0.05, 0) is 13.8 Å². The summed E-state index contributed by atoms with van der Waals surface area (Å²) >= 11 is 0. The van der Waals surface area contributed by atoms with Crippen molar-refractivity contribution in [2.75, 3.05) is 6.61 Å². The third kappa shape index (κ3) is 1.09. The van der Waals surface area contributed by atoms with Crippen molar-refractivity contribution < 1.29 is 9.84 Å². The highest BCUT2D eigenvalue weighted by Gasteiger charge is 2.53. The molecule has 1 aliphatic heterocycles. The van der Waals surface area contributed by atoms with Gasteiger partial charge in [-0.25, -0.2) is 0 Å². The fraction of sp³-hybridized carbons (Fsp3) is 0.778. The summed E-state index contributed by atoms with van der Waals surface area (Å²) in [6.45, 7) is 4.29. The van der Waals surface area contributed by atoms with Crippen LogP contribution in [0, 0.1) is 0 Å². The minimum atomic E-state index is -1.03. The van der Waals surface area contributed by atoms with E-state index in [9.17, 15) is 5.11 Å². The first-order chi connectivity index (χ1) is 6.47. The maximum Gasteiger partial charge on any atom is 0.167 e. The fourth-order valence-electron chi connectivity index (χ4n) is 1.91. The van der Waals surface area contributed by atoms with Crippen molar-refractivity contribution in [3.05, 3.63) is 12.2 Å². The lowest BCUT2D eigenvalue weighted by atomic mass is 9.85. The van der Waals surface area contributed by atoms with Crippen molar-refractivity contribution in [2.45, 2.75) is 31.5 Å². The Morgan fingerprint density at radius 2 is 2.29 bits per heavy atom. The van der Waals surface area contributed by atoms with Gasteiger partial charge in [0.05, 0.1) is 12.2 Å². The van der Waals surface area contributed by atoms with Crippen molar-refractivity contribution in [1.29, 1.82) is 0 Å². The van der Waals surface area contributed by atoms with Crippen LogP contribution >= 0.6 is 0 Å². The molecule has 0 aromatic carbocycles. The van der Waals surface area contributed by atoms with E-state index in [2.05, 4.69) is 10.2 Å². The van der Waals surface area contributed by atoms with Crippen LogP contribution in [0.2, 0.25) is 0 Å². The number of aliphatic hydroxyl groups is 1. The highest BCUT2D eigenvalue weighted by Crippen LogP contribution is 2.42. The summed E-state index contributed by atoms with van der Waals surface area (Å²) in [5.74, 6) is 0.569. The molecule has 78 valence electrons. The summed E-state index contributed by atoms with van der Waals surface area (Å²) in [4.78, 5) is 0. The summed E-state index contributed by atoms with van der Waals surface area (Å²) in [6.07, 6.45) is 2.15. The summed E-state index contributed by atoms with van der Waals surface area (Å²) in [5, 5.41) is 18.2. The highest BCUT2D eigenvalue weighted by atomic mass is 16.5. The van der Waals surface area contributed by atoms with Gasteiger partial charge in [-0.1, -0.05) is 0 Å². The molecule has 0 bridgehead atoms. The summed E-state index contributed by atoms with van der Waals surface area (Å²) < 4.78 is 7.24. The van der Waals surface area contributed by atoms with Crippen LogP contribution < -0.4 is 0 Å². The minimum absolute atomic E-state index is 0.552. The topological polar surface area (TPSA) is 60.2 Å². The third-order valence-corrected chi connectivity index (χ3v) is 3.00. The Balaban J connectivity index is 2.47. The number of aryl methyl sites for hydroxylation is 1. The Bertz CT molecular complexity index is 348. The molecule has 0 aliphatic carbocycles. The highest BCUT2D eigenvalue weighted by molar-refractivity contribution is 5.12. The zero-order valence-corrected chi connectivity index (χ0v) is 8.69. The monoisotopic (exact) mass is 197 g/mol. The molecule has 0 spiro atoms. The zero-order valence-electron chi connectivity index (χ0n) is 8.69. The third-order valence-electron chi connectivity index (χ3n) is 3.00. The van der Waals surface area contributed by atoms with Gasteiger partial charge in [-0.15, -0.1) is 10.2 Å². The molecule has 14 heavy (non-hydrogen) atoms. The SMILES string of the molecule is Cn1cnnc1C1(O)CCOC1(C)C. The maximum absolute atomic E-state index is 10.5. The smallest absolute Gasteiger partial charge is 0.167 e. The van der Waals surface area contributed by atoms with Crippen LogP contribution in [0.25, 0.3) is 0 Å². The molecule has 1 atom stereocenters. The number of ether oxygens (including phenoxy) is 1. The molecule has 2 heterocycles. The number of nitrogens with zero attached hydrogens (tertiary/aromatic N) is 3. The van der Waals surface area contributed by atoms with E-state index < -0.39 is 11.2 Å². The molecule has 0 radical (unpaired) electrons. The van der Waals surface area contributed by atoms with Crippen LogP contribution in [-0.2, 0) is 17.4 Å². The maximum atomic E-state index is 10.5. The number of aromatic nitrogens is 3. The van der Waals surface area contributed by atoms with Gasteiger partial charge in [-0.3, -0.25) is 0 Å². The molecule has 1 aromatic rings. The van der Waals surface area contributed by atoms with Gasteiger partial charge >= 0.3 is 0 Å². The molecular weight excluding hydrogens is 182 g/mol. The predicted octanol–water partition coefficient (Wildman–Crippen LogP) is 0.202. The Kier molecular flexibility index (Phi) is 1.90. The van der Waals surface area contributed by atoms with Crippen LogP contribution in [0.3, 0.4) is 0 Å². The molecule has 5 heteroatoms. The molecule has 1 N–H and O–H groups in total. The first-order valence-corrected chi connectivity index (χ1v) is 4.68. The molecule has 1 aromatic heterocycles. The van der Waals surface area contributed by atoms with E-state index in [1.54, 1.807) is 10.9 Å². The first-order valence-electron chi connectivity index (χ1n) is 4.68. The first kappa shape index (κ1) is 9.61. The van der Waals surface area contributed by atoms with Crippen molar-refractivity contribution in [2.24, 2.45) is 7.05 Å². The fourth-order valence-corrected chi connectivity index (χ4v) is 1.91. The van der Waals surface area contributed by atoms with E-state index in [0.29, 0.717) is 18.9 Å². The van der Waals surface area contributed by atoms with E-state index >= 15 is 0 Å². The summed E-state index contributed by atoms with van der Waals surface area (Å²) in [7, 11) is 1.82. The second-order valence-corrected chi connectivity index (χ2v) is 4.23. The van der Waals surface area contributed by atoms with Gasteiger partial charge in [0, 0.05) is 13.5 Å². The average Bonchev–Trinajstić information content (AvgIpc) is 2.59. The van der Waals surface area contributed by atoms with Crippen LogP contribution in [-0.4, -0.2) is 32.1 Å². The van der Waals surface area contributed by atoms with Crippen molar-refractivity contribution in [3.63, 3.8) is 0 Å². The van der Waals surface area contributed by atoms with Gasteiger partial charge in [0.15, 0.2) is 11.4 Å². The summed E-state index contributed by atoms with van der Waals surface area (Å²) in [5.41, 5.74) is -1.63. The Hall–Kier alpha value is -0.940. The van der Waals surface area contributed by atoms with Crippen LogP contribution in [0.4, 0.5) is 0 Å². The van der Waals surface area contributed by atoms with E-state index in [1.807, 2.05) is 20.9 Å². The molecule has 1 fully saturated rings. The van der Waals surface area contributed by atoms with Crippen LogP contribution in [0.15, 0.2) is 6.33 Å². The van der Waals surface area contributed by atoms with Gasteiger partial charge in [0.25, 0.3) is 0 Å². The van der Waals surface area contributed by atoms with Gasteiger partial charge < -0.3 is 14.4 Å². The van der Waals surface area contributed by atoms with E-state index in [4.69, 9.17) is 4.74 Å². The molecule has 2 rings (SSSR count). The minimum Gasteiger partial charge on any atom is -0.379 e. The Morgan fingerprint density at radius 3 is 2.71 bits per heavy atom. The van der Waals surface area contributed by atoms with Gasteiger partial charge in [0.1, 0.15) is 6.33 Å². The normalized spacial score (nSPS) is 30.9. The summed E-state index contributed by atoms with van der Waals surface area (Å²) in [6, 6.07) is 0. The molecule has 1 saturated heterocycles. The molecule has 0 amide bonds. The van der Waals surface area contributed by atoms with Crippen molar-refractivity contribution in [3.8, 4) is 0 Å². The number of hydrogen-bond acceptors (Lipinski definition) is 4. The van der Waals surface area contributed by atoms with E-state index in [0.717, 1.165) is 0 Å². The standard InChI is InChI=1S/C9H15N3O2/c1-8(2)9(13,4-5-14-8)7-11-10-6-12(7)3/h6,13H,4-5H2,1-3H3. The Labute approximate surface area is 82.7 Å². The Morgan fingerprint density at radius 1 is 1.57 bits per heavy atom. The molecule has 1 unspecified atom stereocenters. The predicted molar refractivity (Wildman–Crippen MR) is 49.5 cm³/mol. The second-order valence-electron chi connectivity index (χ2n) is 4.23. The van der Waals surface area contributed by atoms with Crippen molar-refractivity contribution >= 4 is 0 Å². The molecular formula is C9H15N3O2. The van der Waals surface area contributed by atoms with E-state index in [1.165, 1.54) is 0 Å². The lowest BCUT2D eigenvalue weighted by Gasteiger charge is -2.33. The van der Waals surface area contributed by atoms with Crippen LogP contribution in [0.1, 0.15) is 26.1 Å². The number of hydrogen-bond donors (Lipinski definition) is 1. The second kappa shape index (κ2) is 2.77. The van der Waals surface area contributed by atoms with E-state index in [-0.39, 0.29) is 0 Å². The van der Waals surface area contributed by atoms with Gasteiger partial charge in [0.2, 0.25) is 0 Å².